The van der Waals surface area contributed by atoms with Crippen LogP contribution in [-0.2, 0) is 6.61 Å². The molecule has 7 nitrogen and oxygen atoms in total. The zero-order valence-electron chi connectivity index (χ0n) is 10.6. The van der Waals surface area contributed by atoms with Crippen LogP contribution in [-0.4, -0.2) is 9.85 Å². The van der Waals surface area contributed by atoms with Crippen LogP contribution in [0.1, 0.15) is 5.56 Å². The van der Waals surface area contributed by atoms with Gasteiger partial charge in [-0.1, -0.05) is 11.6 Å². The van der Waals surface area contributed by atoms with E-state index in [2.05, 4.69) is 0 Å². The topological polar surface area (TPSA) is 95.5 Å². The van der Waals surface area contributed by atoms with E-state index >= 15 is 0 Å². The molecular weight excluding hydrogens is 300 g/mol. The number of hydrogen-bond acceptors (Lipinski definition) is 5. The molecule has 21 heavy (non-hydrogen) atoms. The highest BCUT2D eigenvalue weighted by Crippen LogP contribution is 2.30. The molecule has 8 heteroatoms. The van der Waals surface area contributed by atoms with Gasteiger partial charge >= 0.3 is 5.69 Å². The van der Waals surface area contributed by atoms with Crippen molar-refractivity contribution in [2.45, 2.75) is 6.61 Å². The molecule has 0 spiro atoms. The van der Waals surface area contributed by atoms with Crippen LogP contribution in [0.15, 0.2) is 42.5 Å². The van der Waals surface area contributed by atoms with Gasteiger partial charge in [0.05, 0.1) is 9.85 Å². The monoisotopic (exact) mass is 308 g/mol. The van der Waals surface area contributed by atoms with Gasteiger partial charge in [-0.25, -0.2) is 0 Å². The molecule has 0 bridgehead atoms. The highest BCUT2D eigenvalue weighted by Gasteiger charge is 2.15. The molecule has 0 aliphatic carbocycles. The fourth-order valence-corrected chi connectivity index (χ4v) is 1.80. The van der Waals surface area contributed by atoms with Gasteiger partial charge in [0.25, 0.3) is 5.69 Å². The van der Waals surface area contributed by atoms with Crippen LogP contribution in [0.25, 0.3) is 0 Å². The molecule has 2 rings (SSSR count). The number of non-ortho nitro benzene ring substituents is 1. The Hall–Kier alpha value is -2.67. The maximum Gasteiger partial charge on any atom is 0.312 e. The van der Waals surface area contributed by atoms with Gasteiger partial charge in [0.1, 0.15) is 6.61 Å². The molecule has 0 atom stereocenters. The van der Waals surface area contributed by atoms with Gasteiger partial charge in [-0.05, 0) is 29.8 Å². The highest BCUT2D eigenvalue weighted by atomic mass is 35.5. The first-order chi connectivity index (χ1) is 9.97. The van der Waals surface area contributed by atoms with Crippen molar-refractivity contribution >= 4 is 23.0 Å². The summed E-state index contributed by atoms with van der Waals surface area (Å²) >= 11 is 5.70. The molecule has 0 radical (unpaired) electrons. The molecule has 0 heterocycles. The number of nitro groups is 2. The van der Waals surface area contributed by atoms with E-state index in [-0.39, 0.29) is 28.8 Å². The Kier molecular flexibility index (Phi) is 4.34. The van der Waals surface area contributed by atoms with Crippen molar-refractivity contribution in [3.63, 3.8) is 0 Å². The fourth-order valence-electron chi connectivity index (χ4n) is 1.63. The van der Waals surface area contributed by atoms with Crippen LogP contribution in [0.5, 0.6) is 5.75 Å². The molecule has 0 aliphatic rings. The number of rotatable bonds is 5. The quantitative estimate of drug-likeness (QED) is 0.619. The molecule has 0 amide bonds. The van der Waals surface area contributed by atoms with Crippen LogP contribution >= 0.6 is 11.6 Å². The van der Waals surface area contributed by atoms with Gasteiger partial charge in [-0.15, -0.1) is 0 Å². The average Bonchev–Trinajstić information content (AvgIpc) is 2.46. The Morgan fingerprint density at radius 3 is 2.24 bits per heavy atom. The Labute approximate surface area is 124 Å². The second kappa shape index (κ2) is 6.19. The Morgan fingerprint density at radius 2 is 1.67 bits per heavy atom. The molecule has 0 saturated heterocycles. The number of nitrogens with zero attached hydrogens (tertiary/aromatic N) is 2. The summed E-state index contributed by atoms with van der Waals surface area (Å²) in [5.41, 5.74) is 0.394. The lowest BCUT2D eigenvalue weighted by Crippen LogP contribution is -1.99. The highest BCUT2D eigenvalue weighted by molar-refractivity contribution is 6.30. The molecule has 108 valence electrons. The maximum absolute atomic E-state index is 10.9. The Bertz CT molecular complexity index is 687. The first kappa shape index (κ1) is 14.7. The Balaban J connectivity index is 2.13. The maximum atomic E-state index is 10.9. The molecular formula is C13H9ClN2O5. The van der Waals surface area contributed by atoms with Crippen molar-refractivity contribution in [3.8, 4) is 5.75 Å². The minimum absolute atomic E-state index is 0.0313. The standard InChI is InChI=1S/C13H9ClN2O5/c14-10-3-6-13(12(7-10)16(19)20)21-8-9-1-4-11(5-2-9)15(17)18/h1-7H,8H2. The van der Waals surface area contributed by atoms with Gasteiger partial charge < -0.3 is 4.74 Å². The first-order valence-electron chi connectivity index (χ1n) is 5.77. The largest absolute Gasteiger partial charge is 0.482 e. The van der Waals surface area contributed by atoms with Gasteiger partial charge in [-0.3, -0.25) is 20.2 Å². The molecule has 0 N–H and O–H groups in total. The number of halogens is 1. The van der Waals surface area contributed by atoms with Crippen molar-refractivity contribution in [1.29, 1.82) is 0 Å². The van der Waals surface area contributed by atoms with Crippen molar-refractivity contribution in [2.24, 2.45) is 0 Å². The summed E-state index contributed by atoms with van der Waals surface area (Å²) in [6.07, 6.45) is 0. The summed E-state index contributed by atoms with van der Waals surface area (Å²) in [4.78, 5) is 20.3. The third-order valence-corrected chi connectivity index (χ3v) is 2.89. The molecule has 0 aliphatic heterocycles. The van der Waals surface area contributed by atoms with Crippen LogP contribution in [0.4, 0.5) is 11.4 Å². The van der Waals surface area contributed by atoms with Crippen molar-refractivity contribution in [1.82, 2.24) is 0 Å². The Morgan fingerprint density at radius 1 is 1.00 bits per heavy atom. The van der Waals surface area contributed by atoms with E-state index in [9.17, 15) is 20.2 Å². The van der Waals surface area contributed by atoms with Crippen LogP contribution in [0, 0.1) is 20.2 Å². The predicted octanol–water partition coefficient (Wildman–Crippen LogP) is 3.74. The lowest BCUT2D eigenvalue weighted by molar-refractivity contribution is -0.386. The van der Waals surface area contributed by atoms with Gasteiger partial charge in [0, 0.05) is 23.2 Å². The van der Waals surface area contributed by atoms with Crippen molar-refractivity contribution < 1.29 is 14.6 Å². The first-order valence-corrected chi connectivity index (χ1v) is 6.15. The molecule has 0 unspecified atom stereocenters. The zero-order valence-corrected chi connectivity index (χ0v) is 11.3. The minimum atomic E-state index is -0.586. The second-order valence-electron chi connectivity index (χ2n) is 4.08. The van der Waals surface area contributed by atoms with Crippen molar-refractivity contribution in [2.75, 3.05) is 0 Å². The van der Waals surface area contributed by atoms with E-state index in [0.717, 1.165) is 0 Å². The molecule has 0 fully saturated rings. The van der Waals surface area contributed by atoms with E-state index in [1.165, 1.54) is 42.5 Å². The third-order valence-electron chi connectivity index (χ3n) is 2.66. The van der Waals surface area contributed by atoms with E-state index in [0.29, 0.717) is 5.56 Å². The molecule has 0 saturated carbocycles. The fraction of sp³-hybridized carbons (Fsp3) is 0.0769. The van der Waals surface area contributed by atoms with Crippen LogP contribution in [0.3, 0.4) is 0 Å². The van der Waals surface area contributed by atoms with Crippen LogP contribution in [0.2, 0.25) is 5.02 Å². The SMILES string of the molecule is O=[N+]([O-])c1ccc(COc2ccc(Cl)cc2[N+](=O)[O-])cc1. The summed E-state index contributed by atoms with van der Waals surface area (Å²) in [6.45, 7) is 0.0560. The smallest absolute Gasteiger partial charge is 0.312 e. The molecule has 2 aromatic carbocycles. The third kappa shape index (κ3) is 3.67. The minimum Gasteiger partial charge on any atom is -0.482 e. The lowest BCUT2D eigenvalue weighted by Gasteiger charge is -2.07. The van der Waals surface area contributed by atoms with E-state index < -0.39 is 9.85 Å². The van der Waals surface area contributed by atoms with Crippen molar-refractivity contribution in [3.05, 3.63) is 73.3 Å². The number of nitro benzene ring substituents is 2. The number of hydrogen-bond donors (Lipinski definition) is 0. The normalized spacial score (nSPS) is 10.1. The summed E-state index contributed by atoms with van der Waals surface area (Å²) in [7, 11) is 0. The molecule has 2 aromatic rings. The lowest BCUT2D eigenvalue weighted by atomic mass is 10.2. The zero-order chi connectivity index (χ0) is 15.4. The van der Waals surface area contributed by atoms with E-state index in [1.807, 2.05) is 0 Å². The van der Waals surface area contributed by atoms with Crippen LogP contribution < -0.4 is 4.74 Å². The summed E-state index contributed by atoms with van der Waals surface area (Å²) < 4.78 is 5.37. The number of benzene rings is 2. The number of ether oxygens (including phenoxy) is 1. The van der Waals surface area contributed by atoms with E-state index in [1.54, 1.807) is 0 Å². The summed E-state index contributed by atoms with van der Waals surface area (Å²) in [6, 6.07) is 9.84. The predicted molar refractivity (Wildman–Crippen MR) is 75.5 cm³/mol. The average molecular weight is 309 g/mol. The molecule has 0 aromatic heterocycles. The summed E-state index contributed by atoms with van der Waals surface area (Å²) in [5.74, 6) is 0.0859. The van der Waals surface area contributed by atoms with Gasteiger partial charge in [0.15, 0.2) is 5.75 Å². The second-order valence-corrected chi connectivity index (χ2v) is 4.52. The van der Waals surface area contributed by atoms with Gasteiger partial charge in [0.2, 0.25) is 0 Å². The van der Waals surface area contributed by atoms with E-state index in [4.69, 9.17) is 16.3 Å². The summed E-state index contributed by atoms with van der Waals surface area (Å²) in [5, 5.41) is 21.7. The van der Waals surface area contributed by atoms with Gasteiger partial charge in [-0.2, -0.15) is 0 Å².